The standard InChI is InChI=1S/C20H21N7O/c21-8-6-18(28)27-10-2-3-13(12-27)25-19-14-7-9-23-20(14)24-11-15(19)16-4-1-5-17(22)26-16/h1,4-5,7,9,11,13H,2-3,6,10,12H2,(H2,22,26)(H2,23,24,25). The molecule has 1 aliphatic heterocycles. The van der Waals surface area contributed by atoms with Crippen LogP contribution in [0.25, 0.3) is 22.3 Å². The average molecular weight is 375 g/mol. The summed E-state index contributed by atoms with van der Waals surface area (Å²) in [5.74, 6) is 0.330. The third-order valence-electron chi connectivity index (χ3n) is 4.99. The van der Waals surface area contributed by atoms with Gasteiger partial charge in [0.2, 0.25) is 5.91 Å². The Bertz CT molecular complexity index is 1050. The number of hydrogen-bond acceptors (Lipinski definition) is 6. The van der Waals surface area contributed by atoms with Crippen LogP contribution in [-0.4, -0.2) is 44.9 Å². The second-order valence-corrected chi connectivity index (χ2v) is 6.89. The summed E-state index contributed by atoms with van der Waals surface area (Å²) in [5.41, 5.74) is 9.18. The van der Waals surface area contributed by atoms with Gasteiger partial charge in [0, 0.05) is 42.5 Å². The van der Waals surface area contributed by atoms with Crippen LogP contribution in [-0.2, 0) is 4.79 Å². The Balaban J connectivity index is 1.68. The zero-order chi connectivity index (χ0) is 19.5. The number of nitriles is 1. The fraction of sp³-hybridized carbons (Fsp3) is 0.300. The molecule has 0 saturated carbocycles. The van der Waals surface area contributed by atoms with Crippen molar-refractivity contribution in [2.75, 3.05) is 24.1 Å². The number of nitrogens with two attached hydrogens (primary N) is 1. The molecular formula is C20H21N7O. The maximum absolute atomic E-state index is 12.1. The molecule has 1 atom stereocenters. The molecule has 142 valence electrons. The van der Waals surface area contributed by atoms with Gasteiger partial charge in [-0.1, -0.05) is 6.07 Å². The summed E-state index contributed by atoms with van der Waals surface area (Å²) in [6.45, 7) is 1.26. The van der Waals surface area contributed by atoms with Gasteiger partial charge in [-0.3, -0.25) is 4.79 Å². The number of nitrogens with one attached hydrogen (secondary N) is 2. The molecule has 1 aliphatic rings. The van der Waals surface area contributed by atoms with E-state index in [4.69, 9.17) is 11.0 Å². The predicted molar refractivity (Wildman–Crippen MR) is 107 cm³/mol. The third-order valence-corrected chi connectivity index (χ3v) is 4.99. The van der Waals surface area contributed by atoms with Crippen molar-refractivity contribution < 1.29 is 4.79 Å². The van der Waals surface area contributed by atoms with E-state index in [0.717, 1.165) is 40.8 Å². The highest BCUT2D eigenvalue weighted by Gasteiger charge is 2.25. The number of piperidine rings is 1. The summed E-state index contributed by atoms with van der Waals surface area (Å²) in [6, 6.07) is 9.52. The van der Waals surface area contributed by atoms with E-state index in [1.54, 1.807) is 17.2 Å². The van der Waals surface area contributed by atoms with Crippen LogP contribution in [0.15, 0.2) is 36.7 Å². The van der Waals surface area contributed by atoms with E-state index in [1.807, 2.05) is 30.5 Å². The monoisotopic (exact) mass is 375 g/mol. The fourth-order valence-electron chi connectivity index (χ4n) is 3.66. The van der Waals surface area contributed by atoms with E-state index in [2.05, 4.69) is 20.3 Å². The third kappa shape index (κ3) is 3.47. The van der Waals surface area contributed by atoms with Gasteiger partial charge in [0.25, 0.3) is 0 Å². The van der Waals surface area contributed by atoms with Gasteiger partial charge in [-0.05, 0) is 31.0 Å². The van der Waals surface area contributed by atoms with Crippen molar-refractivity contribution in [3.8, 4) is 17.3 Å². The molecule has 4 rings (SSSR count). The molecular weight excluding hydrogens is 354 g/mol. The van der Waals surface area contributed by atoms with Crippen molar-refractivity contribution in [3.63, 3.8) is 0 Å². The largest absolute Gasteiger partial charge is 0.384 e. The Hall–Kier alpha value is -3.60. The Morgan fingerprint density at radius 3 is 3.14 bits per heavy atom. The number of nitrogen functional groups attached to an aromatic ring is 1. The normalized spacial score (nSPS) is 16.7. The first-order chi connectivity index (χ1) is 13.7. The summed E-state index contributed by atoms with van der Waals surface area (Å²) in [5, 5.41) is 13.4. The second kappa shape index (κ2) is 7.56. The minimum Gasteiger partial charge on any atom is -0.384 e. The van der Waals surface area contributed by atoms with Gasteiger partial charge in [-0.15, -0.1) is 0 Å². The van der Waals surface area contributed by atoms with Crippen molar-refractivity contribution in [1.29, 1.82) is 5.26 Å². The van der Waals surface area contributed by atoms with Crippen LogP contribution >= 0.6 is 0 Å². The first-order valence-electron chi connectivity index (χ1n) is 9.26. The van der Waals surface area contributed by atoms with E-state index in [1.165, 1.54) is 0 Å². The molecule has 0 spiro atoms. The number of fused-ring (bicyclic) bond motifs is 1. The van der Waals surface area contributed by atoms with Crippen LogP contribution in [0, 0.1) is 11.3 Å². The maximum Gasteiger partial charge on any atom is 0.236 e. The van der Waals surface area contributed by atoms with Crippen LogP contribution in [0.3, 0.4) is 0 Å². The van der Waals surface area contributed by atoms with E-state index in [-0.39, 0.29) is 18.4 Å². The highest BCUT2D eigenvalue weighted by molar-refractivity contribution is 5.97. The lowest BCUT2D eigenvalue weighted by atomic mass is 10.0. The SMILES string of the molecule is N#CCC(=O)N1CCCC(Nc2c(-c3cccc(N)n3)cnc3[nH]ccc23)C1. The van der Waals surface area contributed by atoms with Crippen molar-refractivity contribution in [2.45, 2.75) is 25.3 Å². The molecule has 1 amide bonds. The Morgan fingerprint density at radius 2 is 2.32 bits per heavy atom. The zero-order valence-corrected chi connectivity index (χ0v) is 15.4. The quantitative estimate of drug-likeness (QED) is 0.644. The van der Waals surface area contributed by atoms with E-state index in [9.17, 15) is 4.79 Å². The molecule has 0 radical (unpaired) electrons. The molecule has 0 bridgehead atoms. The zero-order valence-electron chi connectivity index (χ0n) is 15.4. The molecule has 4 heterocycles. The topological polar surface area (TPSA) is 124 Å². The van der Waals surface area contributed by atoms with Crippen molar-refractivity contribution in [1.82, 2.24) is 19.9 Å². The minimum absolute atomic E-state index is 0.0803. The molecule has 28 heavy (non-hydrogen) atoms. The van der Waals surface area contributed by atoms with Crippen molar-refractivity contribution >= 4 is 28.4 Å². The van der Waals surface area contributed by atoms with Crippen LogP contribution in [0.1, 0.15) is 19.3 Å². The lowest BCUT2D eigenvalue weighted by molar-refractivity contribution is -0.131. The van der Waals surface area contributed by atoms with Gasteiger partial charge in [-0.2, -0.15) is 5.26 Å². The first kappa shape index (κ1) is 17.8. The van der Waals surface area contributed by atoms with Crippen LogP contribution in [0.4, 0.5) is 11.5 Å². The molecule has 4 N–H and O–H groups in total. The summed E-state index contributed by atoms with van der Waals surface area (Å²) >= 11 is 0. The van der Waals surface area contributed by atoms with Gasteiger partial charge in [0.05, 0.1) is 17.5 Å². The van der Waals surface area contributed by atoms with Crippen LogP contribution < -0.4 is 11.1 Å². The Morgan fingerprint density at radius 1 is 1.43 bits per heavy atom. The summed E-state index contributed by atoms with van der Waals surface area (Å²) in [4.78, 5) is 26.0. The van der Waals surface area contributed by atoms with Crippen molar-refractivity contribution in [2.24, 2.45) is 0 Å². The summed E-state index contributed by atoms with van der Waals surface area (Å²) in [7, 11) is 0. The number of aromatic amines is 1. The predicted octanol–water partition coefficient (Wildman–Crippen LogP) is 2.52. The molecule has 0 aromatic carbocycles. The minimum atomic E-state index is -0.117. The molecule has 1 unspecified atom stereocenters. The number of nitrogens with zero attached hydrogens (tertiary/aromatic N) is 4. The fourth-order valence-corrected chi connectivity index (χ4v) is 3.66. The van der Waals surface area contributed by atoms with Crippen LogP contribution in [0.2, 0.25) is 0 Å². The Labute approximate surface area is 162 Å². The molecule has 1 saturated heterocycles. The molecule has 8 heteroatoms. The highest BCUT2D eigenvalue weighted by Crippen LogP contribution is 2.34. The number of likely N-dealkylation sites (tertiary alicyclic amines) is 1. The van der Waals surface area contributed by atoms with Gasteiger partial charge < -0.3 is 20.9 Å². The summed E-state index contributed by atoms with van der Waals surface area (Å²) < 4.78 is 0. The molecule has 1 fully saturated rings. The maximum atomic E-state index is 12.1. The number of amides is 1. The van der Waals surface area contributed by atoms with Gasteiger partial charge in [-0.25, -0.2) is 9.97 Å². The number of anilines is 2. The number of aromatic nitrogens is 3. The molecule has 3 aromatic heterocycles. The number of carbonyl (C=O) groups excluding carboxylic acids is 1. The number of carbonyl (C=O) groups is 1. The van der Waals surface area contributed by atoms with Crippen molar-refractivity contribution in [3.05, 3.63) is 36.7 Å². The van der Waals surface area contributed by atoms with Gasteiger partial charge >= 0.3 is 0 Å². The average Bonchev–Trinajstić information content (AvgIpc) is 3.18. The first-order valence-corrected chi connectivity index (χ1v) is 9.26. The van der Waals surface area contributed by atoms with Crippen LogP contribution in [0.5, 0.6) is 0 Å². The number of rotatable bonds is 4. The van der Waals surface area contributed by atoms with E-state index < -0.39 is 0 Å². The molecule has 8 nitrogen and oxygen atoms in total. The van der Waals surface area contributed by atoms with E-state index >= 15 is 0 Å². The van der Waals surface area contributed by atoms with Gasteiger partial charge in [0.15, 0.2) is 0 Å². The molecule has 0 aliphatic carbocycles. The van der Waals surface area contributed by atoms with Gasteiger partial charge in [0.1, 0.15) is 17.9 Å². The highest BCUT2D eigenvalue weighted by atomic mass is 16.2. The number of hydrogen-bond donors (Lipinski definition) is 3. The molecule has 3 aromatic rings. The number of H-pyrrole nitrogens is 1. The summed E-state index contributed by atoms with van der Waals surface area (Å²) in [6.07, 6.45) is 5.38. The smallest absolute Gasteiger partial charge is 0.236 e. The Kier molecular flexibility index (Phi) is 4.81. The number of pyridine rings is 2. The van der Waals surface area contributed by atoms with E-state index in [0.29, 0.717) is 18.9 Å². The lowest BCUT2D eigenvalue weighted by Crippen LogP contribution is -2.45. The lowest BCUT2D eigenvalue weighted by Gasteiger charge is -2.34. The second-order valence-electron chi connectivity index (χ2n) is 6.89.